The Morgan fingerprint density at radius 2 is 1.89 bits per heavy atom. The molecule has 0 fully saturated rings. The summed E-state index contributed by atoms with van der Waals surface area (Å²) in [6.45, 7) is 0.796. The molecule has 0 saturated heterocycles. The van der Waals surface area contributed by atoms with Crippen LogP contribution in [0.15, 0.2) is 48.5 Å². The number of carbonyl (C=O) groups is 1. The Balaban J connectivity index is 1.80. The van der Waals surface area contributed by atoms with E-state index in [1.807, 2.05) is 42.5 Å². The summed E-state index contributed by atoms with van der Waals surface area (Å²) in [6, 6.07) is 15.4. The van der Waals surface area contributed by atoms with Crippen molar-refractivity contribution >= 4 is 5.97 Å². The first-order valence-electron chi connectivity index (χ1n) is 5.80. The number of carbonyl (C=O) groups excluding carboxylic acids is 1. The molecule has 0 bridgehead atoms. The Hall–Kier alpha value is -2.29. The minimum atomic E-state index is -0.268. The molecule has 0 saturated carbocycles. The van der Waals surface area contributed by atoms with Crippen LogP contribution >= 0.6 is 0 Å². The highest BCUT2D eigenvalue weighted by Gasteiger charge is 2.24. The molecule has 3 rings (SSSR count). The van der Waals surface area contributed by atoms with E-state index in [2.05, 4.69) is 0 Å². The molecule has 0 amide bonds. The van der Waals surface area contributed by atoms with Crippen molar-refractivity contribution in [3.05, 3.63) is 65.2 Å². The molecule has 0 atom stereocenters. The van der Waals surface area contributed by atoms with Crippen LogP contribution in [0.2, 0.25) is 0 Å². The minimum absolute atomic E-state index is 0.268. The van der Waals surface area contributed by atoms with Crippen LogP contribution in [0.5, 0.6) is 5.75 Å². The van der Waals surface area contributed by atoms with Gasteiger partial charge in [-0.3, -0.25) is 0 Å². The van der Waals surface area contributed by atoms with Crippen molar-refractivity contribution in [2.75, 3.05) is 0 Å². The van der Waals surface area contributed by atoms with Crippen molar-refractivity contribution < 1.29 is 14.3 Å². The molecule has 0 aliphatic carbocycles. The number of hydrogen-bond donors (Lipinski definition) is 0. The highest BCUT2D eigenvalue weighted by Crippen LogP contribution is 2.29. The second-order valence-corrected chi connectivity index (χ2v) is 4.13. The van der Waals surface area contributed by atoms with Crippen LogP contribution in [0.3, 0.4) is 0 Å². The van der Waals surface area contributed by atoms with Crippen molar-refractivity contribution in [2.24, 2.45) is 0 Å². The Kier molecular flexibility index (Phi) is 2.73. The topological polar surface area (TPSA) is 35.5 Å². The van der Waals surface area contributed by atoms with Crippen LogP contribution in [0.25, 0.3) is 0 Å². The molecule has 1 aliphatic rings. The highest BCUT2D eigenvalue weighted by molar-refractivity contribution is 5.94. The maximum atomic E-state index is 11.4. The molecule has 1 heterocycles. The largest absolute Gasteiger partial charge is 0.488 e. The van der Waals surface area contributed by atoms with Crippen LogP contribution in [-0.2, 0) is 18.0 Å². The smallest absolute Gasteiger partial charge is 0.339 e. The molecule has 0 radical (unpaired) electrons. The number of ether oxygens (including phenoxy) is 2. The van der Waals surface area contributed by atoms with E-state index in [4.69, 9.17) is 9.47 Å². The molecule has 0 unspecified atom stereocenters. The molecular formula is C15H12O3. The number of cyclic esters (lactones) is 1. The average molecular weight is 240 g/mol. The lowest BCUT2D eigenvalue weighted by Gasteiger charge is -2.08. The van der Waals surface area contributed by atoms with Crippen LogP contribution in [-0.4, -0.2) is 5.97 Å². The first kappa shape index (κ1) is 10.8. The van der Waals surface area contributed by atoms with Crippen LogP contribution in [0.1, 0.15) is 21.5 Å². The third-order valence-corrected chi connectivity index (χ3v) is 2.94. The molecular weight excluding hydrogens is 228 g/mol. The molecule has 3 nitrogen and oxygen atoms in total. The predicted molar refractivity (Wildman–Crippen MR) is 66.3 cm³/mol. The molecule has 2 aromatic carbocycles. The molecule has 1 aliphatic heterocycles. The minimum Gasteiger partial charge on any atom is -0.488 e. The lowest BCUT2D eigenvalue weighted by atomic mass is 10.1. The van der Waals surface area contributed by atoms with Gasteiger partial charge in [-0.1, -0.05) is 36.4 Å². The Morgan fingerprint density at radius 1 is 1.06 bits per heavy atom. The second kappa shape index (κ2) is 4.53. The number of esters is 1. The number of hydrogen-bond acceptors (Lipinski definition) is 3. The zero-order valence-electron chi connectivity index (χ0n) is 9.76. The monoisotopic (exact) mass is 240 g/mol. The van der Waals surface area contributed by atoms with E-state index >= 15 is 0 Å². The average Bonchev–Trinajstić information content (AvgIpc) is 2.80. The summed E-state index contributed by atoms with van der Waals surface area (Å²) in [6.07, 6.45) is 0. The first-order chi connectivity index (χ1) is 8.84. The molecule has 90 valence electrons. The molecule has 0 aromatic heterocycles. The summed E-state index contributed by atoms with van der Waals surface area (Å²) in [5, 5.41) is 0. The molecule has 18 heavy (non-hydrogen) atoms. The highest BCUT2D eigenvalue weighted by atomic mass is 16.5. The number of fused-ring (bicyclic) bond motifs is 1. The van der Waals surface area contributed by atoms with Crippen molar-refractivity contribution in [3.63, 3.8) is 0 Å². The van der Waals surface area contributed by atoms with Crippen LogP contribution in [0, 0.1) is 0 Å². The standard InChI is InChI=1S/C15H12O3/c16-15-12-7-4-8-14(13(12)10-18-15)17-9-11-5-2-1-3-6-11/h1-8H,9-10H2. The fourth-order valence-corrected chi connectivity index (χ4v) is 1.99. The van der Waals surface area contributed by atoms with Crippen molar-refractivity contribution in [2.45, 2.75) is 13.2 Å². The SMILES string of the molecule is O=C1OCc2c(OCc3ccccc3)cccc21. The van der Waals surface area contributed by atoms with Gasteiger partial charge in [0.2, 0.25) is 0 Å². The van der Waals surface area contributed by atoms with Gasteiger partial charge in [0.25, 0.3) is 0 Å². The Bertz CT molecular complexity index is 576. The van der Waals surface area contributed by atoms with E-state index in [-0.39, 0.29) is 5.97 Å². The summed E-state index contributed by atoms with van der Waals surface area (Å²) in [4.78, 5) is 11.4. The third kappa shape index (κ3) is 1.95. The molecule has 0 N–H and O–H groups in total. The number of benzene rings is 2. The molecule has 3 heteroatoms. The van der Waals surface area contributed by atoms with Gasteiger partial charge in [0.15, 0.2) is 0 Å². The maximum absolute atomic E-state index is 11.4. The van der Waals surface area contributed by atoms with E-state index in [1.165, 1.54) is 0 Å². The normalized spacial score (nSPS) is 13.0. The Labute approximate surface area is 105 Å². The van der Waals surface area contributed by atoms with Gasteiger partial charge in [-0.25, -0.2) is 4.79 Å². The third-order valence-electron chi connectivity index (χ3n) is 2.94. The van der Waals surface area contributed by atoms with Gasteiger partial charge in [-0.05, 0) is 17.7 Å². The summed E-state index contributed by atoms with van der Waals surface area (Å²) in [5.74, 6) is 0.456. The van der Waals surface area contributed by atoms with E-state index in [9.17, 15) is 4.79 Å². The summed E-state index contributed by atoms with van der Waals surface area (Å²) in [5.41, 5.74) is 2.55. The van der Waals surface area contributed by atoms with Gasteiger partial charge >= 0.3 is 5.97 Å². The zero-order chi connectivity index (χ0) is 12.4. The van der Waals surface area contributed by atoms with Gasteiger partial charge in [0.05, 0.1) is 5.56 Å². The van der Waals surface area contributed by atoms with E-state index in [0.29, 0.717) is 18.8 Å². The predicted octanol–water partition coefficient (Wildman–Crippen LogP) is 2.94. The maximum Gasteiger partial charge on any atom is 0.339 e. The quantitative estimate of drug-likeness (QED) is 0.774. The number of rotatable bonds is 3. The van der Waals surface area contributed by atoms with Crippen LogP contribution < -0.4 is 4.74 Å². The van der Waals surface area contributed by atoms with Crippen molar-refractivity contribution in [1.29, 1.82) is 0 Å². The summed E-state index contributed by atoms with van der Waals surface area (Å²) < 4.78 is 10.7. The van der Waals surface area contributed by atoms with Gasteiger partial charge < -0.3 is 9.47 Å². The Morgan fingerprint density at radius 3 is 2.72 bits per heavy atom. The summed E-state index contributed by atoms with van der Waals surface area (Å²) >= 11 is 0. The van der Waals surface area contributed by atoms with Gasteiger partial charge in [-0.15, -0.1) is 0 Å². The zero-order valence-corrected chi connectivity index (χ0v) is 9.76. The first-order valence-corrected chi connectivity index (χ1v) is 5.80. The summed E-state index contributed by atoms with van der Waals surface area (Å²) in [7, 11) is 0. The van der Waals surface area contributed by atoms with E-state index in [1.54, 1.807) is 6.07 Å². The van der Waals surface area contributed by atoms with Crippen molar-refractivity contribution in [3.8, 4) is 5.75 Å². The second-order valence-electron chi connectivity index (χ2n) is 4.13. The van der Waals surface area contributed by atoms with Gasteiger partial charge in [0.1, 0.15) is 19.0 Å². The lowest BCUT2D eigenvalue weighted by Crippen LogP contribution is -1.98. The molecule has 0 spiro atoms. The van der Waals surface area contributed by atoms with E-state index in [0.717, 1.165) is 16.9 Å². The fourth-order valence-electron chi connectivity index (χ4n) is 1.99. The van der Waals surface area contributed by atoms with Crippen LogP contribution in [0.4, 0.5) is 0 Å². The van der Waals surface area contributed by atoms with Gasteiger partial charge in [-0.2, -0.15) is 0 Å². The molecule has 2 aromatic rings. The van der Waals surface area contributed by atoms with E-state index < -0.39 is 0 Å². The lowest BCUT2D eigenvalue weighted by molar-refractivity contribution is 0.0534. The van der Waals surface area contributed by atoms with Gasteiger partial charge in [0, 0.05) is 5.56 Å². The fraction of sp³-hybridized carbons (Fsp3) is 0.133. The van der Waals surface area contributed by atoms with Crippen molar-refractivity contribution in [1.82, 2.24) is 0 Å².